The van der Waals surface area contributed by atoms with Gasteiger partial charge in [-0.2, -0.15) is 0 Å². The molecule has 0 bridgehead atoms. The second-order valence-electron chi connectivity index (χ2n) is 0.408. The third kappa shape index (κ3) is 141. The molecular formula is H2CaLiNaO6S. The SMILES string of the molecule is O=S(=O)([O-])[O-].[Ca+2].[Li+].[Na+].[OH-].[OH-]. The zero-order valence-corrected chi connectivity index (χ0v) is 10.7. The van der Waals surface area contributed by atoms with E-state index in [1.165, 1.54) is 0 Å². The van der Waals surface area contributed by atoms with E-state index >= 15 is 0 Å². The summed E-state index contributed by atoms with van der Waals surface area (Å²) in [6.07, 6.45) is 0. The van der Waals surface area contributed by atoms with Crippen LogP contribution in [0.1, 0.15) is 0 Å². The number of hydrogen-bond donors (Lipinski definition) is 0. The van der Waals surface area contributed by atoms with Gasteiger partial charge in [0.25, 0.3) is 0 Å². The van der Waals surface area contributed by atoms with Crippen LogP contribution in [0.3, 0.4) is 0 Å². The number of rotatable bonds is 0. The Morgan fingerprint density at radius 3 is 1.00 bits per heavy atom. The fraction of sp³-hybridized carbons (Fsp3) is 0. The van der Waals surface area contributed by atoms with Crippen LogP contribution in [0.5, 0.6) is 0 Å². The van der Waals surface area contributed by atoms with Crippen molar-refractivity contribution >= 4 is 48.1 Å². The molecule has 0 aliphatic heterocycles. The average Bonchev–Trinajstić information content (AvgIpc) is 0.722. The van der Waals surface area contributed by atoms with Gasteiger partial charge in [-0.15, -0.1) is 0 Å². The standard InChI is InChI=1S/Ca.Li.Na.H2O4S.2H2O/c;;;1-5(2,3)4;;/h;;;(H2,1,2,3,4);2*1H2/q+2;2*+1;;;/p-4. The van der Waals surface area contributed by atoms with Gasteiger partial charge in [-0.25, -0.2) is 0 Å². The maximum absolute atomic E-state index is 8.52. The Morgan fingerprint density at radius 1 is 1.00 bits per heavy atom. The van der Waals surface area contributed by atoms with Crippen LogP contribution in [-0.2, 0) is 10.4 Å². The van der Waals surface area contributed by atoms with Crippen LogP contribution in [0.25, 0.3) is 0 Å². The molecule has 0 aliphatic rings. The van der Waals surface area contributed by atoms with Gasteiger partial charge in [-0.1, -0.05) is 0 Å². The van der Waals surface area contributed by atoms with Crippen molar-refractivity contribution in [3.05, 3.63) is 0 Å². The van der Waals surface area contributed by atoms with E-state index in [0.29, 0.717) is 0 Å². The molecule has 0 atom stereocenters. The largest absolute Gasteiger partial charge is 2.00 e. The maximum Gasteiger partial charge on any atom is 2.00 e. The molecule has 0 rings (SSSR count). The Bertz CT molecular complexity index is 101. The van der Waals surface area contributed by atoms with Crippen molar-refractivity contribution in [3.8, 4) is 0 Å². The van der Waals surface area contributed by atoms with Gasteiger partial charge in [0.2, 0.25) is 0 Å². The van der Waals surface area contributed by atoms with Gasteiger partial charge in [0.05, 0.1) is 0 Å². The van der Waals surface area contributed by atoms with E-state index in [2.05, 4.69) is 0 Å². The van der Waals surface area contributed by atoms with E-state index in [0.717, 1.165) is 0 Å². The summed E-state index contributed by atoms with van der Waals surface area (Å²) in [7, 11) is -5.17. The molecule has 0 radical (unpaired) electrons. The molecule has 10 heteroatoms. The van der Waals surface area contributed by atoms with Gasteiger partial charge in [0, 0.05) is 10.4 Å². The fourth-order valence-corrected chi connectivity index (χ4v) is 0. The molecule has 0 unspecified atom stereocenters. The molecule has 0 saturated heterocycles. The predicted octanol–water partition coefficient (Wildman–Crippen LogP) is -8.06. The quantitative estimate of drug-likeness (QED) is 0.216. The van der Waals surface area contributed by atoms with Crippen LogP contribution in [-0.4, -0.2) is 66.2 Å². The first-order valence-corrected chi connectivity index (χ1v) is 2.00. The van der Waals surface area contributed by atoms with Crippen LogP contribution >= 0.6 is 0 Å². The summed E-state index contributed by atoms with van der Waals surface area (Å²) < 4.78 is 34.1. The van der Waals surface area contributed by atoms with Crippen molar-refractivity contribution in [1.29, 1.82) is 0 Å². The Morgan fingerprint density at radius 2 is 1.00 bits per heavy atom. The van der Waals surface area contributed by atoms with E-state index in [1.807, 2.05) is 0 Å². The first kappa shape index (κ1) is 38.8. The predicted molar refractivity (Wildman–Crippen MR) is 20.1 cm³/mol. The summed E-state index contributed by atoms with van der Waals surface area (Å²) in [5.74, 6) is 0. The van der Waals surface area contributed by atoms with E-state index < -0.39 is 10.4 Å². The minimum Gasteiger partial charge on any atom is -0.870 e. The van der Waals surface area contributed by atoms with Gasteiger partial charge in [-0.3, -0.25) is 8.42 Å². The molecule has 0 heterocycles. The third-order valence-electron chi connectivity index (χ3n) is 0. The Kier molecular flexibility index (Phi) is 68.6. The molecule has 0 aromatic heterocycles. The van der Waals surface area contributed by atoms with Crippen molar-refractivity contribution in [1.82, 2.24) is 0 Å². The van der Waals surface area contributed by atoms with Crippen molar-refractivity contribution in [2.45, 2.75) is 0 Å². The molecule has 0 aromatic rings. The van der Waals surface area contributed by atoms with Crippen LogP contribution in [0.4, 0.5) is 0 Å². The summed E-state index contributed by atoms with van der Waals surface area (Å²) >= 11 is 0. The van der Waals surface area contributed by atoms with E-state index in [-0.39, 0.29) is 97.1 Å². The molecule has 0 saturated carbocycles. The summed E-state index contributed by atoms with van der Waals surface area (Å²) in [4.78, 5) is 0. The minimum atomic E-state index is -5.17. The van der Waals surface area contributed by atoms with Crippen molar-refractivity contribution < 1.29 is 76.9 Å². The van der Waals surface area contributed by atoms with Gasteiger partial charge in [0.1, 0.15) is 0 Å². The molecule has 0 amide bonds. The van der Waals surface area contributed by atoms with Gasteiger partial charge in [0.15, 0.2) is 0 Å². The minimum absolute atomic E-state index is 0. The van der Waals surface area contributed by atoms with E-state index in [1.54, 1.807) is 0 Å². The van der Waals surface area contributed by atoms with Gasteiger partial charge >= 0.3 is 86.2 Å². The Balaban J connectivity index is -0.00000000800. The van der Waals surface area contributed by atoms with Crippen LogP contribution in [0, 0.1) is 0 Å². The maximum atomic E-state index is 8.52. The molecular weight excluding hydrogens is 198 g/mol. The van der Waals surface area contributed by atoms with Crippen molar-refractivity contribution in [2.24, 2.45) is 0 Å². The average molecular weight is 200 g/mol. The first-order chi connectivity index (χ1) is 2.00. The van der Waals surface area contributed by atoms with E-state index in [4.69, 9.17) is 17.5 Å². The van der Waals surface area contributed by atoms with Crippen LogP contribution in [0.15, 0.2) is 0 Å². The summed E-state index contributed by atoms with van der Waals surface area (Å²) in [6, 6.07) is 0. The molecule has 0 aromatic carbocycles. The zero-order valence-electron chi connectivity index (χ0n) is 5.64. The molecule has 48 valence electrons. The third-order valence-corrected chi connectivity index (χ3v) is 0. The summed E-state index contributed by atoms with van der Waals surface area (Å²) in [5, 5.41) is 0. The molecule has 0 spiro atoms. The van der Waals surface area contributed by atoms with Crippen LogP contribution < -0.4 is 48.4 Å². The monoisotopic (exact) mass is 200 g/mol. The Hall–Kier alpha value is 2.65. The molecule has 2 N–H and O–H groups in total. The smallest absolute Gasteiger partial charge is 0.870 e. The first-order valence-electron chi connectivity index (χ1n) is 0.667. The number of hydrogen-bond acceptors (Lipinski definition) is 6. The van der Waals surface area contributed by atoms with Gasteiger partial charge in [-0.05, 0) is 0 Å². The second kappa shape index (κ2) is 17.7. The van der Waals surface area contributed by atoms with Crippen molar-refractivity contribution in [2.75, 3.05) is 0 Å². The molecule has 0 aliphatic carbocycles. The Labute approximate surface area is 123 Å². The molecule has 10 heavy (non-hydrogen) atoms. The van der Waals surface area contributed by atoms with Gasteiger partial charge < -0.3 is 20.1 Å². The zero-order chi connectivity index (χ0) is 4.50. The second-order valence-corrected chi connectivity index (χ2v) is 1.22. The topological polar surface area (TPSA) is 140 Å². The molecule has 6 nitrogen and oxygen atoms in total. The van der Waals surface area contributed by atoms with Crippen LogP contribution in [0.2, 0.25) is 0 Å². The fourth-order valence-electron chi connectivity index (χ4n) is 0. The summed E-state index contributed by atoms with van der Waals surface area (Å²) in [5.41, 5.74) is 0. The van der Waals surface area contributed by atoms with E-state index in [9.17, 15) is 0 Å². The molecule has 0 fully saturated rings. The normalized spacial score (nSPS) is 5.80. The van der Waals surface area contributed by atoms with Crippen molar-refractivity contribution in [3.63, 3.8) is 0 Å². The summed E-state index contributed by atoms with van der Waals surface area (Å²) in [6.45, 7) is 0.